The Morgan fingerprint density at radius 1 is 1.00 bits per heavy atom. The quantitative estimate of drug-likeness (QED) is 0.339. The fraction of sp³-hybridized carbons (Fsp3) is 0. The fourth-order valence-corrected chi connectivity index (χ4v) is 0. The van der Waals surface area contributed by atoms with Crippen molar-refractivity contribution in [2.24, 2.45) is 0 Å². The molecule has 0 aromatic carbocycles. The van der Waals surface area contributed by atoms with E-state index in [0.717, 1.165) is 0 Å². The Bertz CT molecular complexity index is 11.6. The maximum Gasteiger partial charge on any atom is 0 e. The summed E-state index contributed by atoms with van der Waals surface area (Å²) in [4.78, 5) is 0. The van der Waals surface area contributed by atoms with E-state index in [1.807, 2.05) is 0 Å². The third-order valence-electron chi connectivity index (χ3n) is 0. The third kappa shape index (κ3) is 17.7. The van der Waals surface area contributed by atoms with Crippen molar-refractivity contribution in [1.82, 2.24) is 0 Å². The van der Waals surface area contributed by atoms with Gasteiger partial charge in [0.1, 0.15) is 0 Å². The first-order valence-electron chi connectivity index (χ1n) is 0. The summed E-state index contributed by atoms with van der Waals surface area (Å²) in [6.45, 7) is 0. The summed E-state index contributed by atoms with van der Waals surface area (Å²) >= 11 is 0. The molecule has 1 unspecified atom stereocenters. The molecule has 0 aromatic rings. The second-order valence-corrected chi connectivity index (χ2v) is 0. The van der Waals surface area contributed by atoms with Gasteiger partial charge in [-0.15, -0.1) is 0 Å². The van der Waals surface area contributed by atoms with Crippen molar-refractivity contribution in [1.29, 1.82) is 0 Å². The van der Waals surface area contributed by atoms with E-state index < -0.39 is 0 Å². The topological polar surface area (TPSA) is 0 Å². The van der Waals surface area contributed by atoms with Crippen molar-refractivity contribution in [3.8, 4) is 0 Å². The molecule has 0 nitrogen and oxygen atoms in total. The van der Waals surface area contributed by atoms with Crippen molar-refractivity contribution >= 4 is 122 Å². The van der Waals surface area contributed by atoms with E-state index in [2.05, 4.69) is 0 Å². The number of rotatable bonds is 0. The van der Waals surface area contributed by atoms with E-state index in [9.17, 15) is 0 Å². The summed E-state index contributed by atoms with van der Waals surface area (Å²) in [5, 5.41) is 0. The second kappa shape index (κ2) is 23.5. The van der Waals surface area contributed by atoms with Gasteiger partial charge in [0.2, 0.25) is 0 Å². The zero-order valence-corrected chi connectivity index (χ0v) is 12.7. The molecule has 0 saturated carbocycles. The largest absolute Gasteiger partial charge is 0.153 e. The van der Waals surface area contributed by atoms with Crippen LogP contribution in [0.15, 0.2) is 0 Å². The van der Waals surface area contributed by atoms with E-state index in [-0.39, 0.29) is 139 Å². The molecule has 0 N–H and O–H groups in total. The van der Waals surface area contributed by atoms with Gasteiger partial charge in [0.15, 0.2) is 0 Å². The molecule has 21 valence electrons. The van der Waals surface area contributed by atoms with Gasteiger partial charge in [0.25, 0.3) is 0 Å². The third-order valence-corrected chi connectivity index (χ3v) is 0. The Morgan fingerprint density at radius 2 is 1.00 bits per heavy atom. The van der Waals surface area contributed by atoms with Gasteiger partial charge in [-0.05, 0) is 0 Å². The molecule has 1 atom stereocenters. The van der Waals surface area contributed by atoms with E-state index in [4.69, 9.17) is 0 Å². The summed E-state index contributed by atoms with van der Waals surface area (Å²) < 4.78 is 0. The predicted molar refractivity (Wildman–Crippen MR) is 28.4 cm³/mol. The molecular weight excluding hydrogens is 190 g/mol. The molecule has 5 heteroatoms. The average Bonchev–Trinajstić information content (AvgIpc) is 0. The Morgan fingerprint density at radius 3 is 1.00 bits per heavy atom. The Labute approximate surface area is 135 Å². The van der Waals surface area contributed by atoms with Crippen LogP contribution in [0.3, 0.4) is 0 Å². The summed E-state index contributed by atoms with van der Waals surface area (Å²) in [7, 11) is 0. The van der Waals surface area contributed by atoms with Crippen LogP contribution in [0.25, 0.3) is 0 Å². The molecule has 0 spiro atoms. The molecular formula is H3CaFeKMgP. The minimum absolute atomic E-state index is 0. The van der Waals surface area contributed by atoms with Gasteiger partial charge < -0.3 is 0 Å². The van der Waals surface area contributed by atoms with Crippen LogP contribution in [-0.4, -0.2) is 112 Å². The summed E-state index contributed by atoms with van der Waals surface area (Å²) in [6.07, 6.45) is 0. The van der Waals surface area contributed by atoms with Crippen molar-refractivity contribution in [2.75, 3.05) is 0 Å². The van der Waals surface area contributed by atoms with Crippen LogP contribution < -0.4 is 0 Å². The first kappa shape index (κ1) is 33.5. The summed E-state index contributed by atoms with van der Waals surface area (Å²) in [6, 6.07) is 0. The minimum Gasteiger partial charge on any atom is -0.153 e. The van der Waals surface area contributed by atoms with Gasteiger partial charge in [-0.3, -0.25) is 0 Å². The van der Waals surface area contributed by atoms with Gasteiger partial charge in [0, 0.05) is 129 Å². The Hall–Kier alpha value is 4.61. The van der Waals surface area contributed by atoms with E-state index >= 15 is 0 Å². The number of hydrogen-bond acceptors (Lipinski definition) is 0. The average molecular weight is 193 g/mol. The molecule has 0 rings (SSSR count). The van der Waals surface area contributed by atoms with Gasteiger partial charge in [-0.1, -0.05) is 0 Å². The Kier molecular flexibility index (Phi) is 157. The van der Waals surface area contributed by atoms with Crippen LogP contribution in [0.5, 0.6) is 0 Å². The van der Waals surface area contributed by atoms with Crippen molar-refractivity contribution in [3.05, 3.63) is 0 Å². The van der Waals surface area contributed by atoms with E-state index in [0.29, 0.717) is 0 Å². The maximum absolute atomic E-state index is 0. The summed E-state index contributed by atoms with van der Waals surface area (Å²) in [5.41, 5.74) is 0. The van der Waals surface area contributed by atoms with Crippen LogP contribution in [0.4, 0.5) is 0 Å². The first-order valence-corrected chi connectivity index (χ1v) is 0. The van der Waals surface area contributed by atoms with Gasteiger partial charge in [-0.2, -0.15) is 9.90 Å². The van der Waals surface area contributed by atoms with Crippen molar-refractivity contribution < 1.29 is 17.1 Å². The molecule has 0 bridgehead atoms. The second-order valence-electron chi connectivity index (χ2n) is 0. The maximum atomic E-state index is 0. The molecule has 0 aliphatic rings. The van der Waals surface area contributed by atoms with Crippen molar-refractivity contribution in [2.45, 2.75) is 0 Å². The zero-order valence-electron chi connectivity index (χ0n) is 3.47. The monoisotopic (exact) mass is 193 g/mol. The molecule has 5 heavy (non-hydrogen) atoms. The summed E-state index contributed by atoms with van der Waals surface area (Å²) in [5.74, 6) is 0. The SMILES string of the molecule is P.[Ca].[Fe].[K].[Mg]. The molecule has 0 aliphatic carbocycles. The molecule has 0 fully saturated rings. The smallest absolute Gasteiger partial charge is 0 e. The molecule has 0 aliphatic heterocycles. The fourth-order valence-electron chi connectivity index (χ4n) is 0. The number of hydrogen-bond donors (Lipinski definition) is 0. The minimum atomic E-state index is 0. The molecule has 0 heterocycles. The van der Waals surface area contributed by atoms with Crippen LogP contribution in [0.2, 0.25) is 0 Å². The molecule has 0 amide bonds. The normalized spacial score (nSPS) is 0. The van der Waals surface area contributed by atoms with Crippen LogP contribution in [0, 0.1) is 0 Å². The van der Waals surface area contributed by atoms with Gasteiger partial charge in [-0.25, -0.2) is 0 Å². The molecule has 0 saturated heterocycles. The molecule has 0 aromatic heterocycles. The zero-order chi connectivity index (χ0) is 0. The van der Waals surface area contributed by atoms with Gasteiger partial charge in [0.05, 0.1) is 0 Å². The van der Waals surface area contributed by atoms with E-state index in [1.54, 1.807) is 0 Å². The first-order chi connectivity index (χ1) is 0. The Balaban J connectivity index is 0. The van der Waals surface area contributed by atoms with Gasteiger partial charge >= 0.3 is 0 Å². The van der Waals surface area contributed by atoms with Crippen LogP contribution >= 0.6 is 9.90 Å². The predicted octanol–water partition coefficient (Wildman–Crippen LogP) is -1.09. The van der Waals surface area contributed by atoms with Crippen molar-refractivity contribution in [3.63, 3.8) is 0 Å². The van der Waals surface area contributed by atoms with Crippen LogP contribution in [-0.2, 0) is 17.1 Å². The van der Waals surface area contributed by atoms with E-state index in [1.165, 1.54) is 0 Å². The standard InChI is InChI=1S/Ca.Fe.K.Mg.H3P/h;;;;1H3. The van der Waals surface area contributed by atoms with Crippen LogP contribution in [0.1, 0.15) is 0 Å². The molecule has 5 radical (unpaired) electrons.